The van der Waals surface area contributed by atoms with E-state index in [2.05, 4.69) is 10.3 Å². The van der Waals surface area contributed by atoms with Crippen LogP contribution in [0.4, 0.5) is 10.2 Å². The van der Waals surface area contributed by atoms with Gasteiger partial charge in [-0.2, -0.15) is 0 Å². The summed E-state index contributed by atoms with van der Waals surface area (Å²) in [6.45, 7) is 0.704. The first-order valence-corrected chi connectivity index (χ1v) is 7.96. The summed E-state index contributed by atoms with van der Waals surface area (Å²) in [7, 11) is 0. The topological polar surface area (TPSA) is 68.0 Å². The maximum absolute atomic E-state index is 12.9. The van der Waals surface area contributed by atoms with Gasteiger partial charge in [0, 0.05) is 23.9 Å². The number of nitrogens with zero attached hydrogens (tertiary/aromatic N) is 1. The van der Waals surface area contributed by atoms with Gasteiger partial charge in [0.2, 0.25) is 5.91 Å². The Morgan fingerprint density at radius 2 is 1.84 bits per heavy atom. The van der Waals surface area contributed by atoms with Gasteiger partial charge in [-0.3, -0.25) is 4.79 Å². The fourth-order valence-corrected chi connectivity index (χ4v) is 2.51. The molecule has 0 atom stereocenters. The third kappa shape index (κ3) is 4.41. The van der Waals surface area contributed by atoms with Gasteiger partial charge in [-0.1, -0.05) is 24.3 Å². The number of pyridine rings is 1. The molecule has 126 valence electrons. The molecule has 0 aliphatic rings. The van der Waals surface area contributed by atoms with Crippen molar-refractivity contribution in [1.29, 1.82) is 0 Å². The molecule has 1 amide bonds. The van der Waals surface area contributed by atoms with Gasteiger partial charge in [0.1, 0.15) is 11.6 Å². The third-order valence-corrected chi connectivity index (χ3v) is 3.88. The Bertz CT molecular complexity index is 861. The first-order chi connectivity index (χ1) is 12.1. The van der Waals surface area contributed by atoms with Gasteiger partial charge in [0.25, 0.3) is 0 Å². The highest BCUT2D eigenvalue weighted by atomic mass is 19.1. The van der Waals surface area contributed by atoms with Crippen molar-refractivity contribution in [2.75, 3.05) is 11.9 Å². The lowest BCUT2D eigenvalue weighted by atomic mass is 10.0. The second-order valence-electron chi connectivity index (χ2n) is 5.68. The maximum atomic E-state index is 12.9. The second-order valence-corrected chi connectivity index (χ2v) is 5.68. The Kier molecular flexibility index (Phi) is 5.04. The van der Waals surface area contributed by atoms with Crippen LogP contribution in [0.25, 0.3) is 11.1 Å². The fraction of sp³-hybridized carbons (Fsp3) is 0.100. The summed E-state index contributed by atoms with van der Waals surface area (Å²) in [6, 6.07) is 17.4. The van der Waals surface area contributed by atoms with Crippen LogP contribution in [-0.4, -0.2) is 17.4 Å². The lowest BCUT2D eigenvalue weighted by Crippen LogP contribution is -2.10. The third-order valence-electron chi connectivity index (χ3n) is 3.88. The zero-order chi connectivity index (χ0) is 17.6. The van der Waals surface area contributed by atoms with E-state index in [9.17, 15) is 9.18 Å². The van der Waals surface area contributed by atoms with Crippen molar-refractivity contribution in [2.45, 2.75) is 6.42 Å². The Hall–Kier alpha value is -3.21. The smallest absolute Gasteiger partial charge is 0.248 e. The summed E-state index contributed by atoms with van der Waals surface area (Å²) < 4.78 is 12.9. The van der Waals surface area contributed by atoms with Crippen molar-refractivity contribution >= 4 is 11.7 Å². The summed E-state index contributed by atoms with van der Waals surface area (Å²) in [5.41, 5.74) is 8.65. The number of primary amides is 1. The predicted molar refractivity (Wildman–Crippen MR) is 96.8 cm³/mol. The fourth-order valence-electron chi connectivity index (χ4n) is 2.51. The zero-order valence-corrected chi connectivity index (χ0v) is 13.6. The normalized spacial score (nSPS) is 10.4. The van der Waals surface area contributed by atoms with Crippen molar-refractivity contribution in [3.63, 3.8) is 0 Å². The lowest BCUT2D eigenvalue weighted by Gasteiger charge is -2.08. The molecule has 0 saturated carbocycles. The number of aromatic nitrogens is 1. The number of anilines is 1. The molecular formula is C20H18FN3O. The number of hydrogen-bond acceptors (Lipinski definition) is 3. The first-order valence-electron chi connectivity index (χ1n) is 7.96. The average molecular weight is 335 g/mol. The van der Waals surface area contributed by atoms with Crippen molar-refractivity contribution in [3.05, 3.63) is 83.8 Å². The Balaban J connectivity index is 1.61. The molecule has 3 aromatic rings. The molecule has 0 fully saturated rings. The molecule has 0 bridgehead atoms. The number of benzene rings is 2. The monoisotopic (exact) mass is 335 g/mol. The average Bonchev–Trinajstić information content (AvgIpc) is 2.64. The van der Waals surface area contributed by atoms with Gasteiger partial charge >= 0.3 is 0 Å². The van der Waals surface area contributed by atoms with Crippen molar-refractivity contribution in [2.24, 2.45) is 5.73 Å². The van der Waals surface area contributed by atoms with E-state index in [0.717, 1.165) is 28.9 Å². The Morgan fingerprint density at radius 1 is 1.04 bits per heavy atom. The molecule has 5 heteroatoms. The summed E-state index contributed by atoms with van der Waals surface area (Å²) in [6.07, 6.45) is 2.53. The molecule has 0 radical (unpaired) electrons. The van der Waals surface area contributed by atoms with E-state index < -0.39 is 5.91 Å². The largest absolute Gasteiger partial charge is 0.370 e. The van der Waals surface area contributed by atoms with Crippen molar-refractivity contribution in [3.8, 4) is 11.1 Å². The second kappa shape index (κ2) is 7.57. The zero-order valence-electron chi connectivity index (χ0n) is 13.6. The van der Waals surface area contributed by atoms with Gasteiger partial charge in [0.05, 0.1) is 0 Å². The van der Waals surface area contributed by atoms with E-state index in [1.54, 1.807) is 36.5 Å². The number of nitrogens with two attached hydrogens (primary N) is 1. The number of amides is 1. The molecule has 2 aromatic carbocycles. The van der Waals surface area contributed by atoms with E-state index in [4.69, 9.17) is 5.73 Å². The van der Waals surface area contributed by atoms with E-state index in [-0.39, 0.29) is 5.82 Å². The van der Waals surface area contributed by atoms with Crippen LogP contribution in [0.15, 0.2) is 66.9 Å². The molecule has 0 unspecified atom stereocenters. The molecule has 0 saturated heterocycles. The Morgan fingerprint density at radius 3 is 2.52 bits per heavy atom. The number of nitrogens with one attached hydrogen (secondary N) is 1. The van der Waals surface area contributed by atoms with E-state index in [0.29, 0.717) is 12.1 Å². The summed E-state index contributed by atoms with van der Waals surface area (Å²) >= 11 is 0. The van der Waals surface area contributed by atoms with Crippen LogP contribution in [0, 0.1) is 5.82 Å². The number of hydrogen-bond donors (Lipinski definition) is 2. The molecule has 0 aliphatic carbocycles. The first kappa shape index (κ1) is 16.6. The molecule has 0 spiro atoms. The highest BCUT2D eigenvalue weighted by Gasteiger charge is 2.04. The van der Waals surface area contributed by atoms with E-state index in [1.165, 1.54) is 12.1 Å². The lowest BCUT2D eigenvalue weighted by molar-refractivity contribution is 0.100. The van der Waals surface area contributed by atoms with Crippen LogP contribution in [0.1, 0.15) is 15.9 Å². The molecule has 25 heavy (non-hydrogen) atoms. The summed E-state index contributed by atoms with van der Waals surface area (Å²) in [5, 5.41) is 3.24. The van der Waals surface area contributed by atoms with Crippen LogP contribution in [0.3, 0.4) is 0 Å². The minimum Gasteiger partial charge on any atom is -0.370 e. The van der Waals surface area contributed by atoms with Gasteiger partial charge < -0.3 is 11.1 Å². The van der Waals surface area contributed by atoms with Gasteiger partial charge in [0.15, 0.2) is 0 Å². The SMILES string of the molecule is NC(=O)c1cccc(-c2ccc(NCCc3ccc(F)cc3)nc2)c1. The maximum Gasteiger partial charge on any atom is 0.248 e. The van der Waals surface area contributed by atoms with Gasteiger partial charge in [-0.25, -0.2) is 9.37 Å². The standard InChI is InChI=1S/C20H18FN3O/c21-18-7-4-14(5-8-18)10-11-23-19-9-6-17(13-24-19)15-2-1-3-16(12-15)20(22)25/h1-9,12-13H,10-11H2,(H2,22,25)(H,23,24). The molecule has 3 N–H and O–H groups in total. The highest BCUT2D eigenvalue weighted by molar-refractivity contribution is 5.94. The minimum absolute atomic E-state index is 0.227. The molecule has 3 rings (SSSR count). The van der Waals surface area contributed by atoms with E-state index in [1.807, 2.05) is 18.2 Å². The quantitative estimate of drug-likeness (QED) is 0.722. The summed E-state index contributed by atoms with van der Waals surface area (Å²) in [5.74, 6) is 0.0835. The van der Waals surface area contributed by atoms with Crippen LogP contribution < -0.4 is 11.1 Å². The molecule has 1 aromatic heterocycles. The van der Waals surface area contributed by atoms with Crippen LogP contribution in [-0.2, 0) is 6.42 Å². The number of halogens is 1. The molecule has 1 heterocycles. The molecular weight excluding hydrogens is 317 g/mol. The number of carbonyl (C=O) groups is 1. The van der Waals surface area contributed by atoms with Gasteiger partial charge in [-0.15, -0.1) is 0 Å². The van der Waals surface area contributed by atoms with Crippen LogP contribution in [0.5, 0.6) is 0 Å². The van der Waals surface area contributed by atoms with E-state index >= 15 is 0 Å². The number of carbonyl (C=O) groups excluding carboxylic acids is 1. The summed E-state index contributed by atoms with van der Waals surface area (Å²) in [4.78, 5) is 15.7. The number of rotatable bonds is 6. The minimum atomic E-state index is -0.450. The van der Waals surface area contributed by atoms with Crippen LogP contribution in [0.2, 0.25) is 0 Å². The molecule has 4 nitrogen and oxygen atoms in total. The van der Waals surface area contributed by atoms with Crippen molar-refractivity contribution < 1.29 is 9.18 Å². The van der Waals surface area contributed by atoms with Crippen LogP contribution >= 0.6 is 0 Å². The highest BCUT2D eigenvalue weighted by Crippen LogP contribution is 2.20. The van der Waals surface area contributed by atoms with Crippen molar-refractivity contribution in [1.82, 2.24) is 4.98 Å². The Labute approximate surface area is 145 Å². The predicted octanol–water partition coefficient (Wildman–Crippen LogP) is 3.64. The van der Waals surface area contributed by atoms with Gasteiger partial charge in [-0.05, 0) is 53.9 Å². The molecule has 0 aliphatic heterocycles.